The van der Waals surface area contributed by atoms with E-state index in [1.165, 1.54) is 32.1 Å². The normalized spacial score (nSPS) is 17.2. The van der Waals surface area contributed by atoms with E-state index in [0.717, 1.165) is 18.9 Å². The number of Topliss-reactive ketones (excluding diaryl/α,β-unsaturated/α-hetero) is 1. The number of nitrogens with zero attached hydrogens (tertiary/aromatic N) is 2. The van der Waals surface area contributed by atoms with Gasteiger partial charge in [-0.3, -0.25) is 4.79 Å². The van der Waals surface area contributed by atoms with E-state index < -0.39 is 0 Å². The molecule has 1 aliphatic carbocycles. The molecule has 1 aromatic heterocycles. The summed E-state index contributed by atoms with van der Waals surface area (Å²) in [5.74, 6) is 1.63. The van der Waals surface area contributed by atoms with E-state index in [1.54, 1.807) is 6.20 Å². The largest absolute Gasteiger partial charge is 0.329 e. The predicted molar refractivity (Wildman–Crippen MR) is 68.0 cm³/mol. The van der Waals surface area contributed by atoms with Gasteiger partial charge >= 0.3 is 0 Å². The summed E-state index contributed by atoms with van der Waals surface area (Å²) in [5.41, 5.74) is 0. The highest BCUT2D eigenvalue weighted by Gasteiger charge is 2.17. The van der Waals surface area contributed by atoms with E-state index in [1.807, 2.05) is 17.7 Å². The summed E-state index contributed by atoms with van der Waals surface area (Å²) in [6.07, 6.45) is 12.0. The number of ketones is 1. The van der Waals surface area contributed by atoms with Crippen molar-refractivity contribution in [3.8, 4) is 0 Å². The Balaban J connectivity index is 1.84. The minimum absolute atomic E-state index is 0.211. The fourth-order valence-corrected chi connectivity index (χ4v) is 2.74. The first kappa shape index (κ1) is 12.3. The van der Waals surface area contributed by atoms with Gasteiger partial charge in [-0.15, -0.1) is 0 Å². The Morgan fingerprint density at radius 2 is 2.18 bits per heavy atom. The fourth-order valence-electron chi connectivity index (χ4n) is 2.74. The van der Waals surface area contributed by atoms with Gasteiger partial charge in [0.25, 0.3) is 0 Å². The van der Waals surface area contributed by atoms with Crippen molar-refractivity contribution in [2.75, 3.05) is 0 Å². The lowest BCUT2D eigenvalue weighted by Crippen LogP contribution is -2.12. The molecular weight excluding hydrogens is 212 g/mol. The van der Waals surface area contributed by atoms with E-state index in [-0.39, 0.29) is 5.78 Å². The van der Waals surface area contributed by atoms with Crippen LogP contribution in [-0.4, -0.2) is 15.3 Å². The van der Waals surface area contributed by atoms with Crippen molar-refractivity contribution in [3.63, 3.8) is 0 Å². The molecule has 0 amide bonds. The van der Waals surface area contributed by atoms with Crippen LogP contribution in [0.4, 0.5) is 0 Å². The standard InChI is InChI=1S/C14H22N2O/c1-2-16-11-10-15-14(16)13(17)9-8-12-6-4-3-5-7-12/h10-12H,2-9H2,1H3. The molecule has 0 bridgehead atoms. The molecule has 1 heterocycles. The molecule has 0 unspecified atom stereocenters. The zero-order chi connectivity index (χ0) is 12.1. The summed E-state index contributed by atoms with van der Waals surface area (Å²) >= 11 is 0. The summed E-state index contributed by atoms with van der Waals surface area (Å²) in [7, 11) is 0. The van der Waals surface area contributed by atoms with Gasteiger partial charge in [0.1, 0.15) is 0 Å². The Hall–Kier alpha value is -1.12. The number of carbonyl (C=O) groups is 1. The maximum absolute atomic E-state index is 12.0. The van der Waals surface area contributed by atoms with Crippen LogP contribution in [0.3, 0.4) is 0 Å². The van der Waals surface area contributed by atoms with Crippen LogP contribution < -0.4 is 0 Å². The van der Waals surface area contributed by atoms with Crippen LogP contribution in [0.2, 0.25) is 0 Å². The third-order valence-corrected chi connectivity index (χ3v) is 3.81. The number of hydrogen-bond donors (Lipinski definition) is 0. The highest BCUT2D eigenvalue weighted by Crippen LogP contribution is 2.27. The van der Waals surface area contributed by atoms with E-state index in [9.17, 15) is 4.79 Å². The Kier molecular flexibility index (Phi) is 4.35. The van der Waals surface area contributed by atoms with Gasteiger partial charge in [0, 0.05) is 25.4 Å². The molecule has 1 aliphatic rings. The second-order valence-electron chi connectivity index (χ2n) is 5.00. The minimum Gasteiger partial charge on any atom is -0.329 e. The molecular formula is C14H22N2O. The summed E-state index contributed by atoms with van der Waals surface area (Å²) in [5, 5.41) is 0. The van der Waals surface area contributed by atoms with Crippen LogP contribution in [0.25, 0.3) is 0 Å². The highest BCUT2D eigenvalue weighted by molar-refractivity contribution is 5.92. The Bertz CT molecular complexity index is 364. The zero-order valence-corrected chi connectivity index (χ0v) is 10.7. The smallest absolute Gasteiger partial charge is 0.198 e. The first-order valence-corrected chi connectivity index (χ1v) is 6.85. The lowest BCUT2D eigenvalue weighted by atomic mass is 9.85. The van der Waals surface area contributed by atoms with Crippen LogP contribution in [0.15, 0.2) is 12.4 Å². The summed E-state index contributed by atoms with van der Waals surface area (Å²) < 4.78 is 1.93. The molecule has 3 heteroatoms. The predicted octanol–water partition coefficient (Wildman–Crippen LogP) is 3.45. The van der Waals surface area contributed by atoms with Crippen molar-refractivity contribution in [3.05, 3.63) is 18.2 Å². The lowest BCUT2D eigenvalue weighted by Gasteiger charge is -2.20. The Labute approximate surface area is 103 Å². The van der Waals surface area contributed by atoms with Gasteiger partial charge in [0.2, 0.25) is 0 Å². The summed E-state index contributed by atoms with van der Waals surface area (Å²) in [4.78, 5) is 16.2. The van der Waals surface area contributed by atoms with Crippen LogP contribution in [0.1, 0.15) is 62.5 Å². The van der Waals surface area contributed by atoms with E-state index >= 15 is 0 Å². The van der Waals surface area contributed by atoms with E-state index in [0.29, 0.717) is 12.2 Å². The second-order valence-corrected chi connectivity index (χ2v) is 5.00. The SMILES string of the molecule is CCn1ccnc1C(=O)CCC1CCCCC1. The van der Waals surface area contributed by atoms with Crippen molar-refractivity contribution >= 4 is 5.78 Å². The summed E-state index contributed by atoms with van der Waals surface area (Å²) in [6, 6.07) is 0. The van der Waals surface area contributed by atoms with Gasteiger partial charge in [-0.2, -0.15) is 0 Å². The molecule has 0 radical (unpaired) electrons. The Morgan fingerprint density at radius 3 is 2.88 bits per heavy atom. The molecule has 0 spiro atoms. The molecule has 94 valence electrons. The van der Waals surface area contributed by atoms with Crippen LogP contribution in [0, 0.1) is 5.92 Å². The molecule has 17 heavy (non-hydrogen) atoms. The first-order chi connectivity index (χ1) is 8.31. The molecule has 0 N–H and O–H groups in total. The maximum atomic E-state index is 12.0. The number of carbonyl (C=O) groups excluding carboxylic acids is 1. The van der Waals surface area contributed by atoms with Crippen molar-refractivity contribution in [1.82, 2.24) is 9.55 Å². The number of imidazole rings is 1. The van der Waals surface area contributed by atoms with E-state index in [2.05, 4.69) is 4.98 Å². The quantitative estimate of drug-likeness (QED) is 0.731. The van der Waals surface area contributed by atoms with Crippen molar-refractivity contribution < 1.29 is 4.79 Å². The molecule has 0 atom stereocenters. The number of hydrogen-bond acceptors (Lipinski definition) is 2. The number of rotatable bonds is 5. The van der Waals surface area contributed by atoms with Crippen molar-refractivity contribution in [1.29, 1.82) is 0 Å². The molecule has 1 saturated carbocycles. The fraction of sp³-hybridized carbons (Fsp3) is 0.714. The van der Waals surface area contributed by atoms with Gasteiger partial charge in [0.05, 0.1) is 0 Å². The number of aromatic nitrogens is 2. The molecule has 2 rings (SSSR count). The number of aryl methyl sites for hydroxylation is 1. The molecule has 1 aromatic rings. The average Bonchev–Trinajstić information content (AvgIpc) is 2.85. The lowest BCUT2D eigenvalue weighted by molar-refractivity contribution is 0.0956. The Morgan fingerprint density at radius 1 is 1.41 bits per heavy atom. The van der Waals surface area contributed by atoms with Gasteiger partial charge in [-0.05, 0) is 19.3 Å². The zero-order valence-electron chi connectivity index (χ0n) is 10.7. The minimum atomic E-state index is 0.211. The van der Waals surface area contributed by atoms with Gasteiger partial charge in [-0.25, -0.2) is 4.98 Å². The van der Waals surface area contributed by atoms with Crippen molar-refractivity contribution in [2.24, 2.45) is 5.92 Å². The first-order valence-electron chi connectivity index (χ1n) is 6.85. The average molecular weight is 234 g/mol. The monoisotopic (exact) mass is 234 g/mol. The van der Waals surface area contributed by atoms with E-state index in [4.69, 9.17) is 0 Å². The third-order valence-electron chi connectivity index (χ3n) is 3.81. The van der Waals surface area contributed by atoms with Gasteiger partial charge in [0.15, 0.2) is 11.6 Å². The van der Waals surface area contributed by atoms with Crippen LogP contribution in [0.5, 0.6) is 0 Å². The summed E-state index contributed by atoms with van der Waals surface area (Å²) in [6.45, 7) is 2.87. The maximum Gasteiger partial charge on any atom is 0.198 e. The van der Waals surface area contributed by atoms with Gasteiger partial charge in [-0.1, -0.05) is 32.1 Å². The highest BCUT2D eigenvalue weighted by atomic mass is 16.1. The molecule has 0 aromatic carbocycles. The van der Waals surface area contributed by atoms with Crippen LogP contribution in [-0.2, 0) is 6.54 Å². The topological polar surface area (TPSA) is 34.9 Å². The second kappa shape index (κ2) is 5.99. The molecule has 3 nitrogen and oxygen atoms in total. The molecule has 0 saturated heterocycles. The molecule has 1 fully saturated rings. The molecule has 0 aliphatic heterocycles. The van der Waals surface area contributed by atoms with Crippen molar-refractivity contribution in [2.45, 2.75) is 58.4 Å². The van der Waals surface area contributed by atoms with Crippen LogP contribution >= 0.6 is 0 Å². The van der Waals surface area contributed by atoms with Gasteiger partial charge < -0.3 is 4.57 Å². The third kappa shape index (κ3) is 3.18.